The molecular weight excluding hydrogens is 328 g/mol. The van der Waals surface area contributed by atoms with Gasteiger partial charge >= 0.3 is 6.03 Å². The van der Waals surface area contributed by atoms with E-state index in [4.69, 9.17) is 5.73 Å². The van der Waals surface area contributed by atoms with E-state index in [9.17, 15) is 9.59 Å². The molecule has 0 radical (unpaired) electrons. The lowest BCUT2D eigenvalue weighted by molar-refractivity contribution is 0.102. The lowest BCUT2D eigenvalue weighted by Crippen LogP contribution is -2.37. The van der Waals surface area contributed by atoms with Crippen molar-refractivity contribution >= 4 is 23.4 Å². The normalized spacial score (nSPS) is 10.3. The fourth-order valence-electron chi connectivity index (χ4n) is 2.74. The van der Waals surface area contributed by atoms with Crippen molar-refractivity contribution in [2.24, 2.45) is 5.73 Å². The molecule has 0 atom stereocenters. The number of nitrogens with one attached hydrogen (secondary N) is 1. The van der Waals surface area contributed by atoms with Crippen LogP contribution in [0.2, 0.25) is 0 Å². The maximum atomic E-state index is 12.6. The maximum absolute atomic E-state index is 12.6. The summed E-state index contributed by atoms with van der Waals surface area (Å²) in [5.41, 5.74) is 6.49. The highest BCUT2D eigenvalue weighted by atomic mass is 16.2. The Morgan fingerprint density at radius 2 is 1.77 bits per heavy atom. The fourth-order valence-corrected chi connectivity index (χ4v) is 2.74. The van der Waals surface area contributed by atoms with Crippen LogP contribution in [0.15, 0.2) is 48.7 Å². The molecule has 0 unspecified atom stereocenters. The summed E-state index contributed by atoms with van der Waals surface area (Å²) in [4.78, 5) is 30.2. The van der Waals surface area contributed by atoms with Gasteiger partial charge in [-0.25, -0.2) is 9.78 Å². The first-order chi connectivity index (χ1) is 12.6. The van der Waals surface area contributed by atoms with Crippen LogP contribution in [0.1, 0.15) is 49.4 Å². The zero-order valence-electron chi connectivity index (χ0n) is 15.1. The number of para-hydroxylation sites is 1. The second-order valence-corrected chi connectivity index (χ2v) is 6.09. The Morgan fingerprint density at radius 1 is 1.04 bits per heavy atom. The average molecular weight is 354 g/mol. The monoisotopic (exact) mass is 354 g/mol. The summed E-state index contributed by atoms with van der Waals surface area (Å²) in [6.07, 6.45) is 6.95. The van der Waals surface area contributed by atoms with Crippen LogP contribution in [-0.4, -0.2) is 23.5 Å². The summed E-state index contributed by atoms with van der Waals surface area (Å²) < 4.78 is 0. The molecule has 26 heavy (non-hydrogen) atoms. The summed E-state index contributed by atoms with van der Waals surface area (Å²) >= 11 is 0. The molecule has 0 aliphatic rings. The number of nitrogens with two attached hydrogens (primary N) is 1. The minimum atomic E-state index is -0.557. The van der Waals surface area contributed by atoms with Gasteiger partial charge < -0.3 is 11.1 Å². The van der Waals surface area contributed by atoms with E-state index in [1.54, 1.807) is 48.7 Å². The van der Waals surface area contributed by atoms with E-state index < -0.39 is 6.03 Å². The van der Waals surface area contributed by atoms with Gasteiger partial charge in [0.15, 0.2) is 0 Å². The molecule has 2 aromatic rings. The number of hydrogen-bond acceptors (Lipinski definition) is 3. The minimum absolute atomic E-state index is 0.323. The number of benzene rings is 1. The second kappa shape index (κ2) is 10.2. The van der Waals surface area contributed by atoms with Gasteiger partial charge in [0.25, 0.3) is 5.91 Å². The average Bonchev–Trinajstić information content (AvgIpc) is 2.65. The molecule has 0 spiro atoms. The molecule has 3 amide bonds. The number of amides is 3. The number of rotatable bonds is 9. The minimum Gasteiger partial charge on any atom is -0.351 e. The number of anilines is 2. The standard InChI is InChI=1S/C20H26N4O2/c1-2-3-4-5-10-15-24(20(21)26)17-12-7-6-11-16(17)19(25)23-18-13-8-9-14-22-18/h6-9,11-14H,2-5,10,15H2,1H3,(H2,21,26)(H,22,23,25). The van der Waals surface area contributed by atoms with E-state index in [0.717, 1.165) is 25.7 Å². The largest absolute Gasteiger partial charge is 0.351 e. The van der Waals surface area contributed by atoms with Crippen molar-refractivity contribution in [3.8, 4) is 0 Å². The van der Waals surface area contributed by atoms with E-state index in [1.165, 1.54) is 11.3 Å². The van der Waals surface area contributed by atoms with Gasteiger partial charge in [0.1, 0.15) is 5.82 Å². The van der Waals surface area contributed by atoms with Crippen molar-refractivity contribution in [1.82, 2.24) is 4.98 Å². The van der Waals surface area contributed by atoms with Crippen LogP contribution in [-0.2, 0) is 0 Å². The zero-order valence-corrected chi connectivity index (χ0v) is 15.1. The van der Waals surface area contributed by atoms with E-state index in [0.29, 0.717) is 23.6 Å². The number of hydrogen-bond donors (Lipinski definition) is 2. The van der Waals surface area contributed by atoms with Crippen molar-refractivity contribution < 1.29 is 9.59 Å². The SMILES string of the molecule is CCCCCCCN(C(N)=O)c1ccccc1C(=O)Nc1ccccn1. The Kier molecular flexibility index (Phi) is 7.61. The van der Waals surface area contributed by atoms with Gasteiger partial charge in [-0.05, 0) is 30.7 Å². The molecule has 0 aliphatic heterocycles. The van der Waals surface area contributed by atoms with Crippen LogP contribution in [0.3, 0.4) is 0 Å². The molecule has 0 fully saturated rings. The lowest BCUT2D eigenvalue weighted by Gasteiger charge is -2.23. The summed E-state index contributed by atoms with van der Waals surface area (Å²) in [6, 6.07) is 11.7. The predicted octanol–water partition coefficient (Wildman–Crippen LogP) is 4.19. The lowest BCUT2D eigenvalue weighted by atomic mass is 10.1. The fraction of sp³-hybridized carbons (Fsp3) is 0.350. The molecule has 6 heteroatoms. The molecule has 3 N–H and O–H groups in total. The molecule has 1 heterocycles. The van der Waals surface area contributed by atoms with E-state index in [1.807, 2.05) is 0 Å². The molecule has 1 aromatic carbocycles. The molecular formula is C20H26N4O2. The first-order valence-corrected chi connectivity index (χ1v) is 9.02. The van der Waals surface area contributed by atoms with Gasteiger partial charge in [-0.15, -0.1) is 0 Å². The van der Waals surface area contributed by atoms with Crippen molar-refractivity contribution in [1.29, 1.82) is 0 Å². The van der Waals surface area contributed by atoms with Crippen LogP contribution in [0, 0.1) is 0 Å². The Hall–Kier alpha value is -2.89. The highest BCUT2D eigenvalue weighted by molar-refractivity contribution is 6.10. The summed E-state index contributed by atoms with van der Waals surface area (Å²) in [5.74, 6) is 0.133. The van der Waals surface area contributed by atoms with Gasteiger partial charge in [-0.1, -0.05) is 50.8 Å². The summed E-state index contributed by atoms with van der Waals surface area (Å²) in [7, 11) is 0. The third-order valence-electron chi connectivity index (χ3n) is 4.10. The number of aromatic nitrogens is 1. The second-order valence-electron chi connectivity index (χ2n) is 6.09. The number of primary amides is 1. The van der Waals surface area contributed by atoms with Gasteiger partial charge in [0.2, 0.25) is 0 Å². The maximum Gasteiger partial charge on any atom is 0.319 e. The number of pyridine rings is 1. The van der Waals surface area contributed by atoms with Crippen LogP contribution < -0.4 is 16.0 Å². The van der Waals surface area contributed by atoms with Gasteiger partial charge in [-0.3, -0.25) is 9.69 Å². The predicted molar refractivity (Wildman–Crippen MR) is 104 cm³/mol. The Morgan fingerprint density at radius 3 is 2.46 bits per heavy atom. The topological polar surface area (TPSA) is 88.3 Å². The third-order valence-corrected chi connectivity index (χ3v) is 4.10. The summed E-state index contributed by atoms with van der Waals surface area (Å²) in [6.45, 7) is 2.65. The molecule has 2 rings (SSSR count). The number of unbranched alkanes of at least 4 members (excludes halogenated alkanes) is 4. The van der Waals surface area contributed by atoms with E-state index >= 15 is 0 Å². The van der Waals surface area contributed by atoms with Crippen LogP contribution in [0.4, 0.5) is 16.3 Å². The van der Waals surface area contributed by atoms with Crippen molar-refractivity contribution in [3.05, 3.63) is 54.2 Å². The first kappa shape index (κ1) is 19.4. The molecule has 0 saturated carbocycles. The van der Waals surface area contributed by atoms with E-state index in [2.05, 4.69) is 17.2 Å². The first-order valence-electron chi connectivity index (χ1n) is 9.02. The highest BCUT2D eigenvalue weighted by Gasteiger charge is 2.19. The van der Waals surface area contributed by atoms with Crippen LogP contribution >= 0.6 is 0 Å². The number of carbonyl (C=O) groups excluding carboxylic acids is 2. The molecule has 0 aliphatic carbocycles. The number of carbonyl (C=O) groups is 2. The Labute approximate surface area is 154 Å². The molecule has 0 saturated heterocycles. The molecule has 138 valence electrons. The van der Waals surface area contributed by atoms with Gasteiger partial charge in [-0.2, -0.15) is 0 Å². The number of nitrogens with zero attached hydrogens (tertiary/aromatic N) is 2. The highest BCUT2D eigenvalue weighted by Crippen LogP contribution is 2.22. The Balaban J connectivity index is 2.13. The molecule has 6 nitrogen and oxygen atoms in total. The van der Waals surface area contributed by atoms with Crippen LogP contribution in [0.5, 0.6) is 0 Å². The number of urea groups is 1. The smallest absolute Gasteiger partial charge is 0.319 e. The summed E-state index contributed by atoms with van der Waals surface area (Å²) in [5, 5.41) is 2.75. The van der Waals surface area contributed by atoms with Crippen molar-refractivity contribution in [2.75, 3.05) is 16.8 Å². The third kappa shape index (κ3) is 5.58. The molecule has 0 bridgehead atoms. The quantitative estimate of drug-likeness (QED) is 0.662. The molecule has 1 aromatic heterocycles. The van der Waals surface area contributed by atoms with Gasteiger partial charge in [0, 0.05) is 12.7 Å². The van der Waals surface area contributed by atoms with E-state index in [-0.39, 0.29) is 5.91 Å². The Bertz CT molecular complexity index is 719. The van der Waals surface area contributed by atoms with Crippen molar-refractivity contribution in [2.45, 2.75) is 39.0 Å². The van der Waals surface area contributed by atoms with Crippen molar-refractivity contribution in [3.63, 3.8) is 0 Å². The van der Waals surface area contributed by atoms with Gasteiger partial charge in [0.05, 0.1) is 11.3 Å². The zero-order chi connectivity index (χ0) is 18.8. The van der Waals surface area contributed by atoms with Crippen LogP contribution in [0.25, 0.3) is 0 Å².